The first-order valence-electron chi connectivity index (χ1n) is 10.00. The van der Waals surface area contributed by atoms with Gasteiger partial charge in [0.1, 0.15) is 48.8 Å². The molecule has 32 heavy (non-hydrogen) atoms. The summed E-state index contributed by atoms with van der Waals surface area (Å²) < 4.78 is 21.6. The summed E-state index contributed by atoms with van der Waals surface area (Å²) in [6.07, 6.45) is -16.5. The Bertz CT molecular complexity index is 760. The van der Waals surface area contributed by atoms with E-state index in [4.69, 9.17) is 18.9 Å². The van der Waals surface area contributed by atoms with Gasteiger partial charge in [0.15, 0.2) is 18.7 Å². The maximum Gasteiger partial charge on any atom is 0.188 e. The summed E-state index contributed by atoms with van der Waals surface area (Å²) in [5, 5.41) is 79.1. The van der Waals surface area contributed by atoms with Gasteiger partial charge in [-0.2, -0.15) is 5.26 Å². The van der Waals surface area contributed by atoms with Crippen molar-refractivity contribution in [1.82, 2.24) is 0 Å². The molecule has 7 N–H and O–H groups in total. The van der Waals surface area contributed by atoms with Gasteiger partial charge in [-0.1, -0.05) is 30.3 Å². The molecule has 0 radical (unpaired) electrons. The highest BCUT2D eigenvalue weighted by Crippen LogP contribution is 2.28. The molecule has 0 saturated carbocycles. The van der Waals surface area contributed by atoms with Gasteiger partial charge in [-0.15, -0.1) is 0 Å². The molecule has 0 aliphatic carbocycles. The summed E-state index contributed by atoms with van der Waals surface area (Å²) in [7, 11) is 0. The molecular formula is C20H27NO11. The molecule has 2 fully saturated rings. The standard InChI is InChI=1S/C20H27NO11/c21-6-10(9-4-2-1-3-5-9)30-20-18(28)16(26)14(24)12(32-20)8-29-19-17(27)15(25)13(23)11(7-22)31-19/h1-5,10-20,22-28H,7-8H2/t10-,11+,12+,13+,14+,15+,16+,17-,18-,19+,20?/m0/s1. The second-order valence-corrected chi connectivity index (χ2v) is 7.60. The minimum Gasteiger partial charge on any atom is -0.394 e. The smallest absolute Gasteiger partial charge is 0.188 e. The van der Waals surface area contributed by atoms with E-state index in [1.165, 1.54) is 0 Å². The maximum atomic E-state index is 10.3. The van der Waals surface area contributed by atoms with E-state index in [1.807, 2.05) is 6.07 Å². The minimum atomic E-state index is -1.70. The number of ether oxygens (including phenoxy) is 4. The van der Waals surface area contributed by atoms with E-state index in [1.54, 1.807) is 30.3 Å². The molecule has 0 amide bonds. The number of aliphatic hydroxyl groups excluding tert-OH is 7. The summed E-state index contributed by atoms with van der Waals surface area (Å²) >= 11 is 0. The molecule has 3 rings (SSSR count). The SMILES string of the molecule is N#C[C@H](OC1O[C@H](CO[C@@H]2O[C@H](CO)[C@@H](O)[C@@H](O)[C@@H]2O)[C@@H](O)[C@@H](O)[C@@H]1O)c1ccccc1. The van der Waals surface area contributed by atoms with Crippen molar-refractivity contribution in [3.8, 4) is 6.07 Å². The molecule has 2 saturated heterocycles. The van der Waals surface area contributed by atoms with Crippen molar-refractivity contribution in [2.75, 3.05) is 13.2 Å². The van der Waals surface area contributed by atoms with Crippen molar-refractivity contribution in [3.63, 3.8) is 0 Å². The highest BCUT2D eigenvalue weighted by molar-refractivity contribution is 5.22. The molecule has 1 aromatic rings. The van der Waals surface area contributed by atoms with Crippen LogP contribution in [0.1, 0.15) is 11.7 Å². The number of hydrogen-bond acceptors (Lipinski definition) is 12. The van der Waals surface area contributed by atoms with Crippen LogP contribution in [-0.2, 0) is 18.9 Å². The monoisotopic (exact) mass is 457 g/mol. The molecule has 12 heteroatoms. The van der Waals surface area contributed by atoms with Crippen LogP contribution in [0.5, 0.6) is 0 Å². The van der Waals surface area contributed by atoms with Gasteiger partial charge in [-0.25, -0.2) is 0 Å². The van der Waals surface area contributed by atoms with Gasteiger partial charge in [0.25, 0.3) is 0 Å². The van der Waals surface area contributed by atoms with Crippen LogP contribution in [0.4, 0.5) is 0 Å². The first-order valence-corrected chi connectivity index (χ1v) is 10.00. The van der Waals surface area contributed by atoms with Crippen LogP contribution < -0.4 is 0 Å². The summed E-state index contributed by atoms with van der Waals surface area (Å²) in [6, 6.07) is 10.3. The molecule has 2 heterocycles. The van der Waals surface area contributed by atoms with Crippen molar-refractivity contribution in [2.45, 2.75) is 67.5 Å². The molecule has 0 bridgehead atoms. The Morgan fingerprint density at radius 3 is 1.97 bits per heavy atom. The second kappa shape index (κ2) is 10.9. The average Bonchev–Trinajstić information content (AvgIpc) is 2.81. The zero-order valence-electron chi connectivity index (χ0n) is 16.9. The van der Waals surface area contributed by atoms with Gasteiger partial charge in [-0.3, -0.25) is 0 Å². The molecule has 11 atom stereocenters. The van der Waals surface area contributed by atoms with Crippen LogP contribution in [0.3, 0.4) is 0 Å². The van der Waals surface area contributed by atoms with Gasteiger partial charge in [0.05, 0.1) is 19.3 Å². The van der Waals surface area contributed by atoms with Crippen LogP contribution in [0, 0.1) is 11.3 Å². The summed E-state index contributed by atoms with van der Waals surface area (Å²) in [5.41, 5.74) is 0.487. The number of benzene rings is 1. The van der Waals surface area contributed by atoms with Crippen LogP contribution in [0.2, 0.25) is 0 Å². The average molecular weight is 457 g/mol. The van der Waals surface area contributed by atoms with Gasteiger partial charge >= 0.3 is 0 Å². The van der Waals surface area contributed by atoms with E-state index in [-0.39, 0.29) is 0 Å². The lowest BCUT2D eigenvalue weighted by atomic mass is 9.98. The molecular weight excluding hydrogens is 430 g/mol. The zero-order valence-corrected chi connectivity index (χ0v) is 16.9. The van der Waals surface area contributed by atoms with Crippen molar-refractivity contribution >= 4 is 0 Å². The molecule has 0 aromatic heterocycles. The Morgan fingerprint density at radius 1 is 0.812 bits per heavy atom. The third-order valence-electron chi connectivity index (χ3n) is 5.43. The van der Waals surface area contributed by atoms with Gasteiger partial charge < -0.3 is 54.7 Å². The van der Waals surface area contributed by atoms with Gasteiger partial charge in [0.2, 0.25) is 0 Å². The van der Waals surface area contributed by atoms with E-state index in [9.17, 15) is 41.0 Å². The van der Waals surface area contributed by atoms with E-state index in [0.717, 1.165) is 0 Å². The van der Waals surface area contributed by atoms with E-state index < -0.39 is 80.7 Å². The zero-order chi connectivity index (χ0) is 23.4. The maximum absolute atomic E-state index is 10.3. The van der Waals surface area contributed by atoms with Crippen LogP contribution >= 0.6 is 0 Å². The molecule has 1 unspecified atom stereocenters. The third kappa shape index (κ3) is 5.25. The quantitative estimate of drug-likeness (QED) is 0.218. The third-order valence-corrected chi connectivity index (χ3v) is 5.43. The number of nitrogens with zero attached hydrogens (tertiary/aromatic N) is 1. The minimum absolute atomic E-state index is 0.487. The van der Waals surface area contributed by atoms with Gasteiger partial charge in [-0.05, 0) is 5.56 Å². The van der Waals surface area contributed by atoms with Crippen LogP contribution in [0.25, 0.3) is 0 Å². The fraction of sp³-hybridized carbons (Fsp3) is 0.650. The van der Waals surface area contributed by atoms with E-state index in [2.05, 4.69) is 0 Å². The molecule has 2 aliphatic heterocycles. The first-order chi connectivity index (χ1) is 15.3. The Morgan fingerprint density at radius 2 is 1.38 bits per heavy atom. The lowest BCUT2D eigenvalue weighted by molar-refractivity contribution is -0.334. The summed E-state index contributed by atoms with van der Waals surface area (Å²) in [5.74, 6) is 0. The predicted octanol–water partition coefficient (Wildman–Crippen LogP) is -3.11. The lowest BCUT2D eigenvalue weighted by Crippen LogP contribution is -2.61. The lowest BCUT2D eigenvalue weighted by Gasteiger charge is -2.43. The summed E-state index contributed by atoms with van der Waals surface area (Å²) in [6.45, 7) is -1.14. The van der Waals surface area contributed by atoms with E-state index in [0.29, 0.717) is 5.56 Å². The van der Waals surface area contributed by atoms with Crippen LogP contribution in [-0.4, -0.2) is 110 Å². The topological polar surface area (TPSA) is 202 Å². The molecule has 178 valence electrons. The van der Waals surface area contributed by atoms with Crippen molar-refractivity contribution in [1.29, 1.82) is 5.26 Å². The molecule has 0 spiro atoms. The molecule has 2 aliphatic rings. The number of hydrogen-bond donors (Lipinski definition) is 7. The van der Waals surface area contributed by atoms with Crippen molar-refractivity contribution in [3.05, 3.63) is 35.9 Å². The van der Waals surface area contributed by atoms with Crippen molar-refractivity contribution in [2.24, 2.45) is 0 Å². The van der Waals surface area contributed by atoms with Crippen LogP contribution in [0.15, 0.2) is 30.3 Å². The Labute approximate surface area is 183 Å². The van der Waals surface area contributed by atoms with Crippen molar-refractivity contribution < 1.29 is 54.7 Å². The highest BCUT2D eigenvalue weighted by Gasteiger charge is 2.48. The number of rotatable bonds is 7. The summed E-state index contributed by atoms with van der Waals surface area (Å²) in [4.78, 5) is 0. The highest BCUT2D eigenvalue weighted by atomic mass is 16.7. The number of nitriles is 1. The normalized spacial score (nSPS) is 41.1. The van der Waals surface area contributed by atoms with E-state index >= 15 is 0 Å². The fourth-order valence-corrected chi connectivity index (χ4v) is 3.51. The largest absolute Gasteiger partial charge is 0.394 e. The Hall–Kier alpha value is -1.73. The predicted molar refractivity (Wildman–Crippen MR) is 102 cm³/mol. The molecule has 1 aromatic carbocycles. The van der Waals surface area contributed by atoms with Gasteiger partial charge in [0, 0.05) is 0 Å². The second-order valence-electron chi connectivity index (χ2n) is 7.60. The Balaban J connectivity index is 1.65. The molecule has 12 nitrogen and oxygen atoms in total. The number of aliphatic hydroxyl groups is 7. The first kappa shape index (κ1) is 24.9. The fourth-order valence-electron chi connectivity index (χ4n) is 3.51. The Kier molecular flexibility index (Phi) is 8.50.